The van der Waals surface area contributed by atoms with Gasteiger partial charge in [0.15, 0.2) is 0 Å². The van der Waals surface area contributed by atoms with E-state index in [1.165, 1.54) is 0 Å². The molecule has 1 aliphatic rings. The highest BCUT2D eigenvalue weighted by Gasteiger charge is 2.42. The summed E-state index contributed by atoms with van der Waals surface area (Å²) in [5, 5.41) is 12.4. The van der Waals surface area contributed by atoms with E-state index in [1.54, 1.807) is 14.2 Å². The maximum atomic E-state index is 11.4. The molecule has 18 heavy (non-hydrogen) atoms. The largest absolute Gasteiger partial charge is 0.480 e. The normalized spacial score (nSPS) is 28.6. The van der Waals surface area contributed by atoms with Crippen LogP contribution in [-0.4, -0.2) is 61.9 Å². The number of hydrogen-bond acceptors (Lipinski definition) is 4. The molecule has 0 bridgehead atoms. The molecule has 2 unspecified atom stereocenters. The lowest BCUT2D eigenvalue weighted by molar-refractivity contribution is -0.147. The lowest BCUT2D eigenvalue weighted by Gasteiger charge is -2.41. The van der Waals surface area contributed by atoms with E-state index in [-0.39, 0.29) is 0 Å². The molecule has 0 saturated heterocycles. The number of ether oxygens (including phenoxy) is 1. The van der Waals surface area contributed by atoms with Crippen molar-refractivity contribution in [3.63, 3.8) is 0 Å². The Labute approximate surface area is 109 Å². The fraction of sp³-hybridized carbons (Fsp3) is 0.923. The monoisotopic (exact) mass is 258 g/mol. The van der Waals surface area contributed by atoms with E-state index in [2.05, 4.69) is 17.3 Å². The maximum Gasteiger partial charge on any atom is 0.323 e. The Kier molecular flexibility index (Phi) is 6.05. The summed E-state index contributed by atoms with van der Waals surface area (Å²) in [6, 6.07) is 0.346. The summed E-state index contributed by atoms with van der Waals surface area (Å²) in [5.41, 5.74) is -0.738. The molecule has 0 radical (unpaired) electrons. The molecule has 0 aromatic heterocycles. The Bertz CT molecular complexity index is 273. The van der Waals surface area contributed by atoms with Crippen LogP contribution in [0.3, 0.4) is 0 Å². The average molecular weight is 258 g/mol. The predicted molar refractivity (Wildman–Crippen MR) is 70.8 cm³/mol. The number of rotatable bonds is 7. The third kappa shape index (κ3) is 3.67. The Balaban J connectivity index is 2.54. The van der Waals surface area contributed by atoms with Crippen molar-refractivity contribution >= 4 is 5.97 Å². The molecule has 2 atom stereocenters. The number of hydrogen-bond donors (Lipinski definition) is 2. The van der Waals surface area contributed by atoms with Crippen molar-refractivity contribution in [3.05, 3.63) is 0 Å². The summed E-state index contributed by atoms with van der Waals surface area (Å²) in [5.74, 6) is -0.722. The van der Waals surface area contributed by atoms with Crippen molar-refractivity contribution in [2.45, 2.75) is 43.7 Å². The zero-order chi connectivity index (χ0) is 13.6. The molecule has 1 saturated carbocycles. The molecule has 106 valence electrons. The highest BCUT2D eigenvalue weighted by molar-refractivity contribution is 5.79. The minimum absolute atomic E-state index is 0.346. The molecule has 0 heterocycles. The van der Waals surface area contributed by atoms with E-state index in [9.17, 15) is 9.90 Å². The van der Waals surface area contributed by atoms with Crippen LogP contribution < -0.4 is 5.32 Å². The highest BCUT2D eigenvalue weighted by atomic mass is 16.5. The SMILES string of the molecule is CNC1(C(=O)O)CCCC(N(C)CCCOC)C1. The van der Waals surface area contributed by atoms with E-state index >= 15 is 0 Å². The van der Waals surface area contributed by atoms with Crippen molar-refractivity contribution in [1.29, 1.82) is 0 Å². The van der Waals surface area contributed by atoms with Crippen LogP contribution in [0.4, 0.5) is 0 Å². The van der Waals surface area contributed by atoms with Gasteiger partial charge in [-0.05, 0) is 46.2 Å². The van der Waals surface area contributed by atoms with Crippen LogP contribution in [-0.2, 0) is 9.53 Å². The van der Waals surface area contributed by atoms with Gasteiger partial charge in [0.25, 0.3) is 0 Å². The van der Waals surface area contributed by atoms with E-state index in [0.29, 0.717) is 12.5 Å². The Morgan fingerprint density at radius 1 is 1.61 bits per heavy atom. The molecule has 5 nitrogen and oxygen atoms in total. The number of nitrogens with one attached hydrogen (secondary N) is 1. The first kappa shape index (κ1) is 15.4. The van der Waals surface area contributed by atoms with E-state index in [0.717, 1.165) is 38.8 Å². The third-order valence-electron chi connectivity index (χ3n) is 4.10. The average Bonchev–Trinajstić information content (AvgIpc) is 2.38. The van der Waals surface area contributed by atoms with Crippen LogP contribution in [0, 0.1) is 0 Å². The second-order valence-corrected chi connectivity index (χ2v) is 5.21. The van der Waals surface area contributed by atoms with Gasteiger partial charge in [0, 0.05) is 26.3 Å². The number of carboxylic acid groups (broad SMARTS) is 1. The lowest BCUT2D eigenvalue weighted by Crippen LogP contribution is -2.56. The standard InChI is InChI=1S/C13H26N2O3/c1-14-13(12(16)17)7-4-6-11(10-13)15(2)8-5-9-18-3/h11,14H,4-10H2,1-3H3,(H,16,17). The van der Waals surface area contributed by atoms with E-state index < -0.39 is 11.5 Å². The summed E-state index contributed by atoms with van der Waals surface area (Å²) in [7, 11) is 5.53. The van der Waals surface area contributed by atoms with Gasteiger partial charge in [0.2, 0.25) is 0 Å². The van der Waals surface area contributed by atoms with Crippen LogP contribution in [0.15, 0.2) is 0 Å². The molecular weight excluding hydrogens is 232 g/mol. The van der Waals surface area contributed by atoms with Gasteiger partial charge in [0.1, 0.15) is 5.54 Å². The minimum atomic E-state index is -0.738. The first-order chi connectivity index (χ1) is 8.55. The molecular formula is C13H26N2O3. The van der Waals surface area contributed by atoms with Crippen LogP contribution in [0.2, 0.25) is 0 Å². The topological polar surface area (TPSA) is 61.8 Å². The lowest BCUT2D eigenvalue weighted by atomic mass is 9.78. The molecule has 1 aliphatic carbocycles. The molecule has 1 fully saturated rings. The van der Waals surface area contributed by atoms with Crippen molar-refractivity contribution in [1.82, 2.24) is 10.2 Å². The molecule has 2 N–H and O–H groups in total. The second-order valence-electron chi connectivity index (χ2n) is 5.21. The highest BCUT2D eigenvalue weighted by Crippen LogP contribution is 2.31. The molecule has 0 aliphatic heterocycles. The van der Waals surface area contributed by atoms with Crippen molar-refractivity contribution in [2.24, 2.45) is 0 Å². The molecule has 0 aromatic carbocycles. The zero-order valence-corrected chi connectivity index (χ0v) is 11.7. The number of aliphatic carboxylic acids is 1. The molecule has 5 heteroatoms. The van der Waals surface area contributed by atoms with Gasteiger partial charge in [-0.15, -0.1) is 0 Å². The second kappa shape index (κ2) is 7.07. The molecule has 0 amide bonds. The van der Waals surface area contributed by atoms with Crippen LogP contribution >= 0.6 is 0 Å². The maximum absolute atomic E-state index is 11.4. The number of likely N-dealkylation sites (N-methyl/N-ethyl adjacent to an activating group) is 1. The van der Waals surface area contributed by atoms with Gasteiger partial charge >= 0.3 is 5.97 Å². The van der Waals surface area contributed by atoms with Crippen LogP contribution in [0.1, 0.15) is 32.1 Å². The first-order valence-corrected chi connectivity index (χ1v) is 6.67. The van der Waals surface area contributed by atoms with Gasteiger partial charge in [0.05, 0.1) is 0 Å². The van der Waals surface area contributed by atoms with Crippen LogP contribution in [0.5, 0.6) is 0 Å². The first-order valence-electron chi connectivity index (χ1n) is 6.67. The summed E-state index contributed by atoms with van der Waals surface area (Å²) >= 11 is 0. The molecule has 0 spiro atoms. The predicted octanol–water partition coefficient (Wildman–Crippen LogP) is 0.940. The van der Waals surface area contributed by atoms with Gasteiger partial charge in [-0.2, -0.15) is 0 Å². The van der Waals surface area contributed by atoms with Crippen molar-refractivity contribution < 1.29 is 14.6 Å². The number of methoxy groups -OCH3 is 1. The fourth-order valence-corrected chi connectivity index (χ4v) is 2.79. The quantitative estimate of drug-likeness (QED) is 0.666. The van der Waals surface area contributed by atoms with Gasteiger partial charge in [-0.25, -0.2) is 0 Å². The van der Waals surface area contributed by atoms with Crippen molar-refractivity contribution in [2.75, 3.05) is 34.4 Å². The number of carbonyl (C=O) groups is 1. The van der Waals surface area contributed by atoms with Gasteiger partial charge in [-0.3, -0.25) is 4.79 Å². The van der Waals surface area contributed by atoms with Crippen molar-refractivity contribution in [3.8, 4) is 0 Å². The van der Waals surface area contributed by atoms with Crippen LogP contribution in [0.25, 0.3) is 0 Å². The summed E-state index contributed by atoms with van der Waals surface area (Å²) in [6.07, 6.45) is 4.44. The summed E-state index contributed by atoms with van der Waals surface area (Å²) in [6.45, 7) is 1.71. The summed E-state index contributed by atoms with van der Waals surface area (Å²) < 4.78 is 5.05. The smallest absolute Gasteiger partial charge is 0.323 e. The Hall–Kier alpha value is -0.650. The molecule has 1 rings (SSSR count). The van der Waals surface area contributed by atoms with Gasteiger partial charge in [-0.1, -0.05) is 0 Å². The number of nitrogens with zero attached hydrogens (tertiary/aromatic N) is 1. The number of carboxylic acids is 1. The fourth-order valence-electron chi connectivity index (χ4n) is 2.79. The minimum Gasteiger partial charge on any atom is -0.480 e. The Morgan fingerprint density at radius 3 is 2.89 bits per heavy atom. The van der Waals surface area contributed by atoms with E-state index in [4.69, 9.17) is 4.74 Å². The third-order valence-corrected chi connectivity index (χ3v) is 4.10. The Morgan fingerprint density at radius 2 is 2.33 bits per heavy atom. The molecule has 0 aromatic rings. The van der Waals surface area contributed by atoms with E-state index in [1.807, 2.05) is 0 Å². The summed E-state index contributed by atoms with van der Waals surface area (Å²) in [4.78, 5) is 13.7. The zero-order valence-electron chi connectivity index (χ0n) is 11.7. The van der Waals surface area contributed by atoms with Gasteiger partial charge < -0.3 is 20.1 Å².